The van der Waals surface area contributed by atoms with Crippen LogP contribution in [0.25, 0.3) is 0 Å². The number of hydrogen-bond donors (Lipinski definition) is 1. The summed E-state index contributed by atoms with van der Waals surface area (Å²) in [7, 11) is 1.63. The Morgan fingerprint density at radius 3 is 2.81 bits per heavy atom. The van der Waals surface area contributed by atoms with Crippen LogP contribution in [0, 0.1) is 13.8 Å². The summed E-state index contributed by atoms with van der Waals surface area (Å²) in [5.74, 6) is 0.752. The lowest BCUT2D eigenvalue weighted by molar-refractivity contribution is 0.0953. The van der Waals surface area contributed by atoms with Gasteiger partial charge >= 0.3 is 0 Å². The van der Waals surface area contributed by atoms with Crippen LogP contribution >= 0.6 is 11.3 Å². The van der Waals surface area contributed by atoms with Crippen LogP contribution < -0.4 is 10.1 Å². The number of benzene rings is 1. The van der Waals surface area contributed by atoms with E-state index in [1.165, 1.54) is 0 Å². The van der Waals surface area contributed by atoms with Crippen LogP contribution in [0.3, 0.4) is 0 Å². The molecule has 1 aromatic heterocycles. The standard InChI is InChI=1S/C16H20N2O2S/c1-11-9-13(6-7-14(11)20-3)16(19)17-8-4-5-15-18-12(2)10-21-15/h6-7,9-10H,4-5,8H2,1-3H3,(H,17,19). The van der Waals surface area contributed by atoms with Crippen LogP contribution in [0.5, 0.6) is 5.75 Å². The number of aryl methyl sites for hydroxylation is 3. The lowest BCUT2D eigenvalue weighted by Gasteiger charge is -2.08. The Morgan fingerprint density at radius 1 is 1.38 bits per heavy atom. The first-order valence-corrected chi connectivity index (χ1v) is 7.82. The van der Waals surface area contributed by atoms with Gasteiger partial charge in [0.25, 0.3) is 5.91 Å². The second kappa shape index (κ2) is 7.22. The predicted molar refractivity (Wildman–Crippen MR) is 85.2 cm³/mol. The van der Waals surface area contributed by atoms with E-state index < -0.39 is 0 Å². The number of nitrogens with zero attached hydrogens (tertiary/aromatic N) is 1. The number of methoxy groups -OCH3 is 1. The highest BCUT2D eigenvalue weighted by atomic mass is 32.1. The minimum atomic E-state index is -0.0453. The van der Waals surface area contributed by atoms with E-state index in [0.717, 1.165) is 34.9 Å². The topological polar surface area (TPSA) is 51.2 Å². The average molecular weight is 304 g/mol. The molecule has 0 aliphatic heterocycles. The molecule has 0 saturated heterocycles. The monoisotopic (exact) mass is 304 g/mol. The Hall–Kier alpha value is -1.88. The van der Waals surface area contributed by atoms with Crippen LogP contribution in [0.1, 0.15) is 33.0 Å². The maximum Gasteiger partial charge on any atom is 0.251 e. The van der Waals surface area contributed by atoms with Crippen LogP contribution in [-0.4, -0.2) is 24.5 Å². The lowest BCUT2D eigenvalue weighted by atomic mass is 10.1. The highest BCUT2D eigenvalue weighted by Crippen LogP contribution is 2.18. The van der Waals surface area contributed by atoms with Crippen molar-refractivity contribution >= 4 is 17.2 Å². The molecule has 0 unspecified atom stereocenters. The van der Waals surface area contributed by atoms with Crippen molar-refractivity contribution in [3.05, 3.63) is 45.4 Å². The molecule has 0 radical (unpaired) electrons. The molecule has 2 aromatic rings. The van der Waals surface area contributed by atoms with Gasteiger partial charge in [-0.05, 0) is 44.0 Å². The number of hydrogen-bond acceptors (Lipinski definition) is 4. The molecule has 0 fully saturated rings. The first kappa shape index (κ1) is 15.5. The third-order valence-electron chi connectivity index (χ3n) is 3.18. The highest BCUT2D eigenvalue weighted by molar-refractivity contribution is 7.09. The Morgan fingerprint density at radius 2 is 2.19 bits per heavy atom. The first-order valence-electron chi connectivity index (χ1n) is 6.94. The largest absolute Gasteiger partial charge is 0.496 e. The Balaban J connectivity index is 1.80. The van der Waals surface area contributed by atoms with E-state index in [-0.39, 0.29) is 5.91 Å². The summed E-state index contributed by atoms with van der Waals surface area (Å²) in [5.41, 5.74) is 2.69. The van der Waals surface area contributed by atoms with Crippen LogP contribution in [0.4, 0.5) is 0 Å². The van der Waals surface area contributed by atoms with Gasteiger partial charge in [0, 0.05) is 29.6 Å². The van der Waals surface area contributed by atoms with E-state index in [4.69, 9.17) is 4.74 Å². The molecule has 0 saturated carbocycles. The van der Waals surface area contributed by atoms with E-state index in [0.29, 0.717) is 12.1 Å². The molecule has 4 nitrogen and oxygen atoms in total. The van der Waals surface area contributed by atoms with E-state index in [9.17, 15) is 4.79 Å². The van der Waals surface area contributed by atoms with Crippen molar-refractivity contribution in [2.45, 2.75) is 26.7 Å². The second-order valence-corrected chi connectivity index (χ2v) is 5.87. The summed E-state index contributed by atoms with van der Waals surface area (Å²) in [5, 5.41) is 6.11. The summed E-state index contributed by atoms with van der Waals surface area (Å²) >= 11 is 1.67. The van der Waals surface area contributed by atoms with Crippen LogP contribution in [-0.2, 0) is 6.42 Å². The van der Waals surface area contributed by atoms with Gasteiger partial charge in [0.05, 0.1) is 12.1 Å². The number of rotatable bonds is 6. The maximum atomic E-state index is 12.0. The van der Waals surface area contributed by atoms with Crippen molar-refractivity contribution < 1.29 is 9.53 Å². The molecule has 0 aliphatic rings. The average Bonchev–Trinajstić information content (AvgIpc) is 2.89. The van der Waals surface area contributed by atoms with Crippen molar-refractivity contribution in [2.24, 2.45) is 0 Å². The second-order valence-electron chi connectivity index (χ2n) is 4.93. The van der Waals surface area contributed by atoms with Gasteiger partial charge in [0.1, 0.15) is 5.75 Å². The molecule has 1 aromatic carbocycles. The molecular formula is C16H20N2O2S. The molecular weight excluding hydrogens is 284 g/mol. The zero-order valence-corrected chi connectivity index (χ0v) is 13.4. The predicted octanol–water partition coefficient (Wildman–Crippen LogP) is 3.13. The molecule has 1 heterocycles. The molecule has 5 heteroatoms. The molecule has 0 spiro atoms. The van der Waals surface area contributed by atoms with Gasteiger partial charge < -0.3 is 10.1 Å². The number of carbonyl (C=O) groups excluding carboxylic acids is 1. The zero-order chi connectivity index (χ0) is 15.2. The minimum Gasteiger partial charge on any atom is -0.496 e. The van der Waals surface area contributed by atoms with Gasteiger partial charge in [0.15, 0.2) is 0 Å². The Bertz CT molecular complexity index is 622. The van der Waals surface area contributed by atoms with Crippen molar-refractivity contribution in [1.29, 1.82) is 0 Å². The number of aromatic nitrogens is 1. The summed E-state index contributed by atoms with van der Waals surface area (Å²) < 4.78 is 5.19. The van der Waals surface area contributed by atoms with Gasteiger partial charge in [-0.15, -0.1) is 11.3 Å². The molecule has 0 bridgehead atoms. The van der Waals surface area contributed by atoms with E-state index in [1.54, 1.807) is 24.5 Å². The normalized spacial score (nSPS) is 10.4. The third kappa shape index (κ3) is 4.29. The summed E-state index contributed by atoms with van der Waals surface area (Å²) in [4.78, 5) is 16.5. The van der Waals surface area contributed by atoms with Gasteiger partial charge in [-0.3, -0.25) is 4.79 Å². The molecule has 0 aliphatic carbocycles. The SMILES string of the molecule is COc1ccc(C(=O)NCCCc2nc(C)cs2)cc1C. The maximum absolute atomic E-state index is 12.0. The fourth-order valence-electron chi connectivity index (χ4n) is 2.08. The van der Waals surface area contributed by atoms with Crippen molar-refractivity contribution in [2.75, 3.05) is 13.7 Å². The van der Waals surface area contributed by atoms with E-state index >= 15 is 0 Å². The number of amides is 1. The Kier molecular flexibility index (Phi) is 5.33. The molecule has 0 atom stereocenters. The van der Waals surface area contributed by atoms with Crippen molar-refractivity contribution in [1.82, 2.24) is 10.3 Å². The zero-order valence-electron chi connectivity index (χ0n) is 12.6. The number of thiazole rings is 1. The van der Waals surface area contributed by atoms with Crippen molar-refractivity contribution in [3.63, 3.8) is 0 Å². The number of carbonyl (C=O) groups is 1. The smallest absolute Gasteiger partial charge is 0.251 e. The summed E-state index contributed by atoms with van der Waals surface area (Å²) in [6.07, 6.45) is 1.80. The first-order chi connectivity index (χ1) is 10.1. The highest BCUT2D eigenvalue weighted by Gasteiger charge is 2.07. The van der Waals surface area contributed by atoms with Crippen LogP contribution in [0.15, 0.2) is 23.6 Å². The summed E-state index contributed by atoms with van der Waals surface area (Å²) in [6.45, 7) is 4.58. The molecule has 2 rings (SSSR count). The lowest BCUT2D eigenvalue weighted by Crippen LogP contribution is -2.24. The van der Waals surface area contributed by atoms with Gasteiger partial charge in [-0.2, -0.15) is 0 Å². The minimum absolute atomic E-state index is 0.0453. The molecule has 1 amide bonds. The number of nitrogens with one attached hydrogen (secondary N) is 1. The van der Waals surface area contributed by atoms with Crippen molar-refractivity contribution in [3.8, 4) is 5.75 Å². The van der Waals surface area contributed by atoms with Gasteiger partial charge in [-0.25, -0.2) is 4.98 Å². The quantitative estimate of drug-likeness (QED) is 0.834. The van der Waals surface area contributed by atoms with Crippen LogP contribution in [0.2, 0.25) is 0 Å². The van der Waals surface area contributed by atoms with E-state index in [1.807, 2.05) is 31.4 Å². The fourth-order valence-corrected chi connectivity index (χ4v) is 2.90. The van der Waals surface area contributed by atoms with E-state index in [2.05, 4.69) is 10.3 Å². The third-order valence-corrected chi connectivity index (χ3v) is 4.20. The Labute approximate surface area is 129 Å². The molecule has 1 N–H and O–H groups in total. The van der Waals surface area contributed by atoms with Gasteiger partial charge in [-0.1, -0.05) is 0 Å². The molecule has 21 heavy (non-hydrogen) atoms. The number of ether oxygens (including phenoxy) is 1. The summed E-state index contributed by atoms with van der Waals surface area (Å²) in [6, 6.07) is 5.45. The fraction of sp³-hybridized carbons (Fsp3) is 0.375. The molecule has 112 valence electrons. The van der Waals surface area contributed by atoms with Gasteiger partial charge in [0.2, 0.25) is 0 Å².